The zero-order valence-corrected chi connectivity index (χ0v) is 12.0. The monoisotopic (exact) mass is 298 g/mol. The predicted molar refractivity (Wildman–Crippen MR) is 80.2 cm³/mol. The third-order valence-electron chi connectivity index (χ3n) is 3.35. The van der Waals surface area contributed by atoms with Crippen LogP contribution in [0.2, 0.25) is 0 Å². The molecule has 1 aromatic heterocycles. The van der Waals surface area contributed by atoms with Gasteiger partial charge >= 0.3 is 0 Å². The number of aliphatic hydroxyl groups is 1. The summed E-state index contributed by atoms with van der Waals surface area (Å²) >= 11 is 0. The average Bonchev–Trinajstić information content (AvgIpc) is 2.96. The van der Waals surface area contributed by atoms with Crippen molar-refractivity contribution in [2.45, 2.75) is 6.10 Å². The molecule has 0 fully saturated rings. The van der Waals surface area contributed by atoms with Crippen LogP contribution < -0.4 is 4.74 Å². The Kier molecular flexibility index (Phi) is 3.89. The number of aliphatic hydroxyl groups excluding tert-OH is 1. The van der Waals surface area contributed by atoms with Crippen LogP contribution in [0.1, 0.15) is 17.5 Å². The second-order valence-corrected chi connectivity index (χ2v) is 4.92. The Labute approximate surface area is 127 Å². The smallest absolute Gasteiger partial charge is 0.142 e. The lowest BCUT2D eigenvalue weighted by Gasteiger charge is -2.12. The molecule has 0 aliphatic carbocycles. The van der Waals surface area contributed by atoms with Crippen LogP contribution in [0.15, 0.2) is 60.9 Å². The van der Waals surface area contributed by atoms with Crippen LogP contribution in [-0.2, 0) is 7.05 Å². The number of imidazole rings is 1. The number of benzene rings is 2. The van der Waals surface area contributed by atoms with Gasteiger partial charge in [-0.1, -0.05) is 12.1 Å². The van der Waals surface area contributed by atoms with Crippen molar-refractivity contribution in [3.63, 3.8) is 0 Å². The van der Waals surface area contributed by atoms with Gasteiger partial charge in [-0.05, 0) is 42.0 Å². The Hall–Kier alpha value is -2.66. The molecule has 22 heavy (non-hydrogen) atoms. The van der Waals surface area contributed by atoms with Gasteiger partial charge < -0.3 is 14.4 Å². The van der Waals surface area contributed by atoms with Crippen molar-refractivity contribution in [3.05, 3.63) is 78.1 Å². The Morgan fingerprint density at radius 1 is 1.05 bits per heavy atom. The Morgan fingerprint density at radius 3 is 2.18 bits per heavy atom. The van der Waals surface area contributed by atoms with E-state index < -0.39 is 6.10 Å². The number of aromatic nitrogens is 2. The maximum Gasteiger partial charge on any atom is 0.142 e. The first-order valence-electron chi connectivity index (χ1n) is 6.82. The molecule has 2 aromatic carbocycles. The van der Waals surface area contributed by atoms with Crippen LogP contribution >= 0.6 is 0 Å². The highest BCUT2D eigenvalue weighted by Crippen LogP contribution is 2.25. The van der Waals surface area contributed by atoms with Crippen LogP contribution in [0.3, 0.4) is 0 Å². The molecular formula is C17H15FN2O2. The number of aryl methyl sites for hydroxylation is 1. The predicted octanol–water partition coefficient (Wildman–Crippen LogP) is 3.43. The van der Waals surface area contributed by atoms with E-state index in [-0.39, 0.29) is 5.82 Å². The summed E-state index contributed by atoms with van der Waals surface area (Å²) in [5.74, 6) is 1.44. The minimum atomic E-state index is -0.792. The van der Waals surface area contributed by atoms with Crippen molar-refractivity contribution < 1.29 is 14.2 Å². The lowest BCUT2D eigenvalue weighted by atomic mass is 10.1. The third kappa shape index (κ3) is 2.99. The minimum Gasteiger partial charge on any atom is -0.457 e. The van der Waals surface area contributed by atoms with E-state index in [1.165, 1.54) is 12.1 Å². The molecule has 0 radical (unpaired) electrons. The van der Waals surface area contributed by atoms with Gasteiger partial charge in [0.25, 0.3) is 0 Å². The summed E-state index contributed by atoms with van der Waals surface area (Å²) in [4.78, 5) is 4.14. The number of hydrogen-bond donors (Lipinski definition) is 1. The molecule has 0 saturated heterocycles. The highest BCUT2D eigenvalue weighted by Gasteiger charge is 2.14. The van der Waals surface area contributed by atoms with Gasteiger partial charge in [0.15, 0.2) is 0 Å². The zero-order chi connectivity index (χ0) is 15.5. The molecule has 0 aliphatic heterocycles. The van der Waals surface area contributed by atoms with Gasteiger partial charge in [0.05, 0.1) is 0 Å². The van der Waals surface area contributed by atoms with Gasteiger partial charge in [0.1, 0.15) is 29.2 Å². The maximum atomic E-state index is 12.8. The normalized spacial score (nSPS) is 12.1. The minimum absolute atomic E-state index is 0.305. The lowest BCUT2D eigenvalue weighted by Crippen LogP contribution is -2.06. The molecule has 4 nitrogen and oxygen atoms in total. The zero-order valence-electron chi connectivity index (χ0n) is 12.0. The second kappa shape index (κ2) is 5.99. The lowest BCUT2D eigenvalue weighted by molar-refractivity contribution is 0.206. The standard InChI is InChI=1S/C17H15FN2O2/c1-20-11-10-19-17(20)16(21)12-2-6-14(7-3-12)22-15-8-4-13(18)5-9-15/h2-11,16,21H,1H3. The number of nitrogens with zero attached hydrogens (tertiary/aromatic N) is 2. The van der Waals surface area contributed by atoms with E-state index in [1.54, 1.807) is 53.4 Å². The van der Waals surface area contributed by atoms with E-state index >= 15 is 0 Å². The van der Waals surface area contributed by atoms with Gasteiger partial charge in [-0.3, -0.25) is 0 Å². The van der Waals surface area contributed by atoms with Gasteiger partial charge in [0, 0.05) is 19.4 Å². The summed E-state index contributed by atoms with van der Waals surface area (Å²) in [6.45, 7) is 0. The first-order chi connectivity index (χ1) is 10.6. The SMILES string of the molecule is Cn1ccnc1C(O)c1ccc(Oc2ccc(F)cc2)cc1. The Bertz CT molecular complexity index is 751. The first-order valence-corrected chi connectivity index (χ1v) is 6.82. The average molecular weight is 298 g/mol. The molecule has 112 valence electrons. The Balaban J connectivity index is 1.75. The van der Waals surface area contributed by atoms with Crippen molar-refractivity contribution in [2.75, 3.05) is 0 Å². The van der Waals surface area contributed by atoms with E-state index in [0.29, 0.717) is 17.3 Å². The second-order valence-electron chi connectivity index (χ2n) is 4.92. The van der Waals surface area contributed by atoms with Crippen LogP contribution in [0, 0.1) is 5.82 Å². The molecule has 0 bridgehead atoms. The number of rotatable bonds is 4. The number of halogens is 1. The molecular weight excluding hydrogens is 283 g/mol. The molecule has 3 aromatic rings. The largest absolute Gasteiger partial charge is 0.457 e. The van der Waals surface area contributed by atoms with Crippen LogP contribution in [-0.4, -0.2) is 14.7 Å². The fourth-order valence-corrected chi connectivity index (χ4v) is 2.15. The summed E-state index contributed by atoms with van der Waals surface area (Å²) in [7, 11) is 1.83. The molecule has 0 aliphatic rings. The molecule has 3 rings (SSSR count). The van der Waals surface area contributed by atoms with Crippen molar-refractivity contribution in [1.29, 1.82) is 0 Å². The molecule has 5 heteroatoms. The van der Waals surface area contributed by atoms with Crippen LogP contribution in [0.4, 0.5) is 4.39 Å². The third-order valence-corrected chi connectivity index (χ3v) is 3.35. The van der Waals surface area contributed by atoms with Crippen molar-refractivity contribution in [1.82, 2.24) is 9.55 Å². The van der Waals surface area contributed by atoms with E-state index in [9.17, 15) is 9.50 Å². The molecule has 1 N–H and O–H groups in total. The van der Waals surface area contributed by atoms with E-state index in [4.69, 9.17) is 4.74 Å². The topological polar surface area (TPSA) is 47.3 Å². The quantitative estimate of drug-likeness (QED) is 0.802. The van der Waals surface area contributed by atoms with E-state index in [1.807, 2.05) is 7.05 Å². The summed E-state index contributed by atoms with van der Waals surface area (Å²) in [5, 5.41) is 10.3. The van der Waals surface area contributed by atoms with Gasteiger partial charge in [0.2, 0.25) is 0 Å². The molecule has 1 unspecified atom stereocenters. The first kappa shape index (κ1) is 14.3. The molecule has 0 saturated carbocycles. The number of hydrogen-bond acceptors (Lipinski definition) is 3. The molecule has 0 amide bonds. The molecule has 1 heterocycles. The number of ether oxygens (including phenoxy) is 1. The summed E-state index contributed by atoms with van der Waals surface area (Å²) < 4.78 is 20.2. The molecule has 1 atom stereocenters. The summed E-state index contributed by atoms with van der Waals surface area (Å²) in [6.07, 6.45) is 2.63. The van der Waals surface area contributed by atoms with Crippen LogP contribution in [0.25, 0.3) is 0 Å². The summed E-state index contributed by atoms with van der Waals surface area (Å²) in [6, 6.07) is 12.9. The molecule has 0 spiro atoms. The fraction of sp³-hybridized carbons (Fsp3) is 0.118. The van der Waals surface area contributed by atoms with Crippen molar-refractivity contribution in [3.8, 4) is 11.5 Å². The van der Waals surface area contributed by atoms with E-state index in [0.717, 1.165) is 5.56 Å². The van der Waals surface area contributed by atoms with Gasteiger partial charge in [-0.25, -0.2) is 9.37 Å². The Morgan fingerprint density at radius 2 is 1.64 bits per heavy atom. The van der Waals surface area contributed by atoms with Crippen LogP contribution in [0.5, 0.6) is 11.5 Å². The summed E-state index contributed by atoms with van der Waals surface area (Å²) in [5.41, 5.74) is 0.723. The van der Waals surface area contributed by atoms with E-state index in [2.05, 4.69) is 4.98 Å². The van der Waals surface area contributed by atoms with Gasteiger partial charge in [-0.2, -0.15) is 0 Å². The highest BCUT2D eigenvalue weighted by molar-refractivity contribution is 5.35. The maximum absolute atomic E-state index is 12.8. The van der Waals surface area contributed by atoms with Gasteiger partial charge in [-0.15, -0.1) is 0 Å². The van der Waals surface area contributed by atoms with Crippen molar-refractivity contribution in [2.24, 2.45) is 7.05 Å². The van der Waals surface area contributed by atoms with Crippen molar-refractivity contribution >= 4 is 0 Å². The highest BCUT2D eigenvalue weighted by atomic mass is 19.1. The fourth-order valence-electron chi connectivity index (χ4n) is 2.15.